The van der Waals surface area contributed by atoms with Crippen molar-refractivity contribution in [2.24, 2.45) is 0 Å². The van der Waals surface area contributed by atoms with Crippen LogP contribution in [0.15, 0.2) is 249 Å². The molecule has 0 radical (unpaired) electrons. The van der Waals surface area contributed by atoms with Gasteiger partial charge in [-0.3, -0.25) is 0 Å². The second-order valence-electron chi connectivity index (χ2n) is 18.7. The van der Waals surface area contributed by atoms with Crippen LogP contribution in [-0.2, 0) is 5.41 Å². The second-order valence-corrected chi connectivity index (χ2v) is 19.8. The van der Waals surface area contributed by atoms with Crippen LogP contribution in [0.5, 0.6) is 0 Å². The van der Waals surface area contributed by atoms with Crippen molar-refractivity contribution < 1.29 is 0 Å². The minimum absolute atomic E-state index is 0.451. The summed E-state index contributed by atoms with van der Waals surface area (Å²) in [5.74, 6) is 0. The van der Waals surface area contributed by atoms with Crippen LogP contribution >= 0.6 is 11.3 Å². The van der Waals surface area contributed by atoms with Gasteiger partial charge in [-0.05, 0) is 154 Å². The molecular weight excluding hydrogens is 851 g/mol. The lowest BCUT2D eigenvalue weighted by Gasteiger charge is -2.32. The van der Waals surface area contributed by atoms with Gasteiger partial charge in [-0.1, -0.05) is 194 Å². The number of nitrogens with zero attached hydrogens (tertiary/aromatic N) is 1. The number of hydrogen-bond donors (Lipinski definition) is 0. The number of thiophene rings is 1. The van der Waals surface area contributed by atoms with E-state index >= 15 is 0 Å². The Morgan fingerprint density at radius 3 is 1.39 bits per heavy atom. The molecule has 0 fully saturated rings. The molecule has 1 heterocycles. The molecule has 15 rings (SSSR count). The van der Waals surface area contributed by atoms with Crippen molar-refractivity contribution in [2.45, 2.75) is 5.41 Å². The Balaban J connectivity index is 0.929. The zero-order valence-electron chi connectivity index (χ0n) is 37.5. The van der Waals surface area contributed by atoms with Crippen molar-refractivity contribution in [3.8, 4) is 44.5 Å². The summed E-state index contributed by atoms with van der Waals surface area (Å²) in [6, 6.07) is 93.1. The van der Waals surface area contributed by atoms with Gasteiger partial charge in [0.15, 0.2) is 0 Å². The van der Waals surface area contributed by atoms with Crippen LogP contribution in [0, 0.1) is 0 Å². The van der Waals surface area contributed by atoms with Gasteiger partial charge in [0, 0.05) is 37.2 Å². The fraction of sp³-hybridized carbons (Fsp3) is 0.0149. The highest BCUT2D eigenvalue weighted by atomic mass is 32.1. The Morgan fingerprint density at radius 2 is 0.725 bits per heavy atom. The molecule has 2 aliphatic rings. The lowest BCUT2D eigenvalue weighted by atomic mass is 9.70. The maximum absolute atomic E-state index is 2.50. The molecule has 2 heteroatoms. The molecule has 0 unspecified atom stereocenters. The highest BCUT2D eigenvalue weighted by Crippen LogP contribution is 2.63. The second kappa shape index (κ2) is 14.7. The molecule has 69 heavy (non-hydrogen) atoms. The first kappa shape index (κ1) is 38.5. The summed E-state index contributed by atoms with van der Waals surface area (Å²) >= 11 is 1.87. The highest BCUT2D eigenvalue weighted by Gasteiger charge is 2.51. The molecule has 1 nitrogen and oxygen atoms in total. The zero-order valence-corrected chi connectivity index (χ0v) is 38.3. The molecular formula is C67H41NS. The van der Waals surface area contributed by atoms with Gasteiger partial charge >= 0.3 is 0 Å². The molecule has 12 aromatic carbocycles. The number of rotatable bonds is 5. The largest absolute Gasteiger partial charge is 0.310 e. The van der Waals surface area contributed by atoms with Crippen LogP contribution in [0.2, 0.25) is 0 Å². The third kappa shape index (κ3) is 5.46. The number of hydrogen-bond acceptors (Lipinski definition) is 2. The van der Waals surface area contributed by atoms with Crippen molar-refractivity contribution in [1.29, 1.82) is 0 Å². The predicted octanol–water partition coefficient (Wildman–Crippen LogP) is 18.7. The maximum Gasteiger partial charge on any atom is 0.0726 e. The smallest absolute Gasteiger partial charge is 0.0726 e. The van der Waals surface area contributed by atoms with Gasteiger partial charge in [0.1, 0.15) is 0 Å². The van der Waals surface area contributed by atoms with E-state index in [2.05, 4.69) is 254 Å². The lowest BCUT2D eigenvalue weighted by molar-refractivity contribution is 0.793. The average Bonchev–Trinajstić information content (AvgIpc) is 4.06. The average molecular weight is 892 g/mol. The summed E-state index contributed by atoms with van der Waals surface area (Å²) in [6.07, 6.45) is 0. The van der Waals surface area contributed by atoms with Crippen LogP contribution in [0.4, 0.5) is 17.1 Å². The molecule has 320 valence electrons. The zero-order chi connectivity index (χ0) is 45.2. The molecule has 0 bridgehead atoms. The minimum atomic E-state index is -0.451. The van der Waals surface area contributed by atoms with Crippen LogP contribution in [0.25, 0.3) is 97.0 Å². The van der Waals surface area contributed by atoms with Gasteiger partial charge in [0.2, 0.25) is 0 Å². The fourth-order valence-electron chi connectivity index (χ4n) is 12.4. The van der Waals surface area contributed by atoms with Crippen LogP contribution in [0.3, 0.4) is 0 Å². The molecule has 1 spiro atoms. The first-order chi connectivity index (χ1) is 34.2. The van der Waals surface area contributed by atoms with E-state index in [-0.39, 0.29) is 0 Å². The molecule has 0 atom stereocenters. The van der Waals surface area contributed by atoms with E-state index in [1.165, 1.54) is 119 Å². The Hall–Kier alpha value is -8.56. The van der Waals surface area contributed by atoms with Gasteiger partial charge in [-0.25, -0.2) is 0 Å². The molecule has 0 amide bonds. The monoisotopic (exact) mass is 891 g/mol. The third-order valence-electron chi connectivity index (χ3n) is 15.3. The van der Waals surface area contributed by atoms with E-state index in [4.69, 9.17) is 0 Å². The SMILES string of the molecule is c1cc(-c2ccc(N(c3ccc4c(c3)C3(c5ccccc5-c5ccccc53)c3ccccc3-4)c3ccc4c5ccccc5c5ccccc5c4c3)cc2)cc(-c2cccc3sc4ccccc4c23)c1. The summed E-state index contributed by atoms with van der Waals surface area (Å²) in [5, 5.41) is 10.3. The van der Waals surface area contributed by atoms with Gasteiger partial charge < -0.3 is 4.90 Å². The maximum atomic E-state index is 2.50. The van der Waals surface area contributed by atoms with E-state index in [1.807, 2.05) is 11.3 Å². The third-order valence-corrected chi connectivity index (χ3v) is 16.4. The summed E-state index contributed by atoms with van der Waals surface area (Å²) in [4.78, 5) is 2.48. The fourth-order valence-corrected chi connectivity index (χ4v) is 13.5. The topological polar surface area (TPSA) is 3.24 Å². The van der Waals surface area contributed by atoms with Crippen LogP contribution < -0.4 is 4.90 Å². The first-order valence-electron chi connectivity index (χ1n) is 23.9. The molecule has 0 N–H and O–H groups in total. The van der Waals surface area contributed by atoms with Gasteiger partial charge in [0.25, 0.3) is 0 Å². The van der Waals surface area contributed by atoms with E-state index in [1.54, 1.807) is 0 Å². The standard InChI is InChI=1S/C67H41NS/c1-2-19-51-49(17-1)50-18-3-4-20-52(50)59-40-46(35-37-53(51)59)68(45-33-31-42(32-34-45)43-15-13-16-44(39-43)48-25-14-30-65-66(48)58-24-8-12-29-64(58)69-65)47-36-38-57-56-23-7-11-28-62(56)67(63(57)41-47)60-26-9-5-21-54(60)55-22-6-10-27-61(55)67/h1-41H. The summed E-state index contributed by atoms with van der Waals surface area (Å²) in [7, 11) is 0. The highest BCUT2D eigenvalue weighted by molar-refractivity contribution is 7.25. The van der Waals surface area contributed by atoms with E-state index < -0.39 is 5.41 Å². The molecule has 0 aliphatic heterocycles. The summed E-state index contributed by atoms with van der Waals surface area (Å²) in [6.45, 7) is 0. The van der Waals surface area contributed by atoms with Crippen LogP contribution in [-0.4, -0.2) is 0 Å². The normalized spacial score (nSPS) is 13.0. The van der Waals surface area contributed by atoms with Crippen molar-refractivity contribution in [2.75, 3.05) is 4.90 Å². The minimum Gasteiger partial charge on any atom is -0.310 e. The number of benzene rings is 12. The molecule has 13 aromatic rings. The van der Waals surface area contributed by atoms with Crippen molar-refractivity contribution in [3.63, 3.8) is 0 Å². The van der Waals surface area contributed by atoms with E-state index in [0.29, 0.717) is 0 Å². The van der Waals surface area contributed by atoms with Crippen molar-refractivity contribution >= 4 is 80.9 Å². The molecule has 1 aromatic heterocycles. The Morgan fingerprint density at radius 1 is 0.261 bits per heavy atom. The van der Waals surface area contributed by atoms with Gasteiger partial charge in [-0.15, -0.1) is 11.3 Å². The van der Waals surface area contributed by atoms with Crippen molar-refractivity contribution in [1.82, 2.24) is 0 Å². The molecule has 2 aliphatic carbocycles. The van der Waals surface area contributed by atoms with E-state index in [0.717, 1.165) is 17.1 Å². The van der Waals surface area contributed by atoms with Gasteiger partial charge in [-0.2, -0.15) is 0 Å². The van der Waals surface area contributed by atoms with E-state index in [9.17, 15) is 0 Å². The van der Waals surface area contributed by atoms with Crippen LogP contribution in [0.1, 0.15) is 22.3 Å². The first-order valence-corrected chi connectivity index (χ1v) is 24.7. The lowest BCUT2D eigenvalue weighted by Crippen LogP contribution is -2.26. The summed E-state index contributed by atoms with van der Waals surface area (Å²) < 4.78 is 2.64. The summed E-state index contributed by atoms with van der Waals surface area (Å²) in [5.41, 5.74) is 18.4. The Kier molecular flexibility index (Phi) is 8.22. The Bertz CT molecular complexity index is 4170. The quantitative estimate of drug-likeness (QED) is 0.156. The van der Waals surface area contributed by atoms with Gasteiger partial charge in [0.05, 0.1) is 5.41 Å². The molecule has 0 saturated carbocycles. The Labute approximate surface area is 404 Å². The predicted molar refractivity (Wildman–Crippen MR) is 294 cm³/mol. The number of anilines is 3. The van der Waals surface area contributed by atoms with Crippen molar-refractivity contribution in [3.05, 3.63) is 271 Å². The number of fused-ring (bicyclic) bond motifs is 19. The molecule has 0 saturated heterocycles.